The number of phenols is 1. The number of carbonyl (C=O) groups excluding carboxylic acids is 2. The Balaban J connectivity index is 1.62. The van der Waals surface area contributed by atoms with Gasteiger partial charge in [0.2, 0.25) is 0 Å². The van der Waals surface area contributed by atoms with Crippen LogP contribution in [0.3, 0.4) is 0 Å². The number of allylic oxidation sites excluding steroid dienone is 1. The van der Waals surface area contributed by atoms with Crippen LogP contribution in [0.1, 0.15) is 38.1 Å². The van der Waals surface area contributed by atoms with Gasteiger partial charge in [0, 0.05) is 18.2 Å². The van der Waals surface area contributed by atoms with E-state index in [-0.39, 0.29) is 69.9 Å². The Morgan fingerprint density at radius 3 is 2.60 bits per heavy atom. The van der Waals surface area contributed by atoms with Gasteiger partial charge in [-0.2, -0.15) is 0 Å². The molecule has 47 heavy (non-hydrogen) atoms. The summed E-state index contributed by atoms with van der Waals surface area (Å²) in [6.45, 7) is 5.10. The van der Waals surface area contributed by atoms with Crippen molar-refractivity contribution >= 4 is 35.0 Å². The first-order chi connectivity index (χ1) is 22.6. The number of nitro groups is 1. The highest BCUT2D eigenvalue weighted by atomic mass is 32.1. The first kappa shape index (κ1) is 32.7. The summed E-state index contributed by atoms with van der Waals surface area (Å²) in [6, 6.07) is 10.5. The molecule has 1 aliphatic heterocycles. The molecule has 1 N–H and O–H groups in total. The molecule has 0 fully saturated rings. The van der Waals surface area contributed by atoms with Gasteiger partial charge in [0.15, 0.2) is 22.9 Å². The first-order valence-corrected chi connectivity index (χ1v) is 15.1. The van der Waals surface area contributed by atoms with Crippen molar-refractivity contribution in [2.24, 2.45) is 4.99 Å². The van der Waals surface area contributed by atoms with Crippen LogP contribution in [0.25, 0.3) is 17.4 Å². The number of rotatable bonds is 11. The number of ether oxygens (including phenoxy) is 4. The van der Waals surface area contributed by atoms with E-state index in [0.717, 1.165) is 11.3 Å². The average Bonchev–Trinajstić information content (AvgIpc) is 3.63. The van der Waals surface area contributed by atoms with Crippen molar-refractivity contribution in [2.75, 3.05) is 26.9 Å². The van der Waals surface area contributed by atoms with Crippen molar-refractivity contribution in [1.82, 2.24) is 4.57 Å². The van der Waals surface area contributed by atoms with E-state index >= 15 is 0 Å². The number of benzene rings is 2. The molecule has 15 heteroatoms. The molecule has 0 spiro atoms. The van der Waals surface area contributed by atoms with Gasteiger partial charge >= 0.3 is 11.9 Å². The molecule has 2 aromatic heterocycles. The van der Waals surface area contributed by atoms with E-state index in [2.05, 4.69) is 9.73 Å². The highest BCUT2D eigenvalue weighted by Gasteiger charge is 2.34. The van der Waals surface area contributed by atoms with Crippen molar-refractivity contribution in [2.45, 2.75) is 26.8 Å². The van der Waals surface area contributed by atoms with Crippen LogP contribution in [-0.4, -0.2) is 53.5 Å². The molecule has 0 amide bonds. The topological polar surface area (TPSA) is 182 Å². The van der Waals surface area contributed by atoms with Gasteiger partial charge in [0.25, 0.3) is 11.2 Å². The Morgan fingerprint density at radius 2 is 1.89 bits per heavy atom. The minimum Gasteiger partial charge on any atom is -0.507 e. The lowest BCUT2D eigenvalue weighted by Crippen LogP contribution is -2.40. The van der Waals surface area contributed by atoms with Gasteiger partial charge in [-0.25, -0.2) is 14.6 Å². The summed E-state index contributed by atoms with van der Waals surface area (Å²) in [5.41, 5.74) is 0.398. The SMILES string of the molecule is CCOC(=O)C1=C(C)N=c2s/c(=C\c3ccc(-c4cc([N+](=O)[O-])ccc4O)o3)c(=O)n2[C@@H]1c1ccc(OCC(=O)OC)c(OCC)c1. The van der Waals surface area contributed by atoms with Crippen LogP contribution >= 0.6 is 11.3 Å². The van der Waals surface area contributed by atoms with Gasteiger partial charge in [-0.05, 0) is 56.7 Å². The van der Waals surface area contributed by atoms with Gasteiger partial charge in [0.1, 0.15) is 17.3 Å². The number of nitrogens with zero attached hydrogens (tertiary/aromatic N) is 3. The van der Waals surface area contributed by atoms with Gasteiger partial charge in [-0.3, -0.25) is 19.5 Å². The lowest BCUT2D eigenvalue weighted by atomic mass is 9.95. The molecule has 0 bridgehead atoms. The molecule has 2 aromatic carbocycles. The molecule has 0 aliphatic carbocycles. The van der Waals surface area contributed by atoms with Crippen LogP contribution in [-0.2, 0) is 19.1 Å². The molecule has 244 valence electrons. The second-order valence-corrected chi connectivity index (χ2v) is 11.0. The first-order valence-electron chi connectivity index (χ1n) is 14.3. The maximum absolute atomic E-state index is 14.0. The number of fused-ring (bicyclic) bond motifs is 1. The monoisotopic (exact) mass is 663 g/mol. The molecule has 0 saturated carbocycles. The molecule has 3 heterocycles. The lowest BCUT2D eigenvalue weighted by Gasteiger charge is -2.25. The standard InChI is InChI=1S/C32H29N3O11S/c1-5-43-25-13-18(7-11-24(25)45-16-27(37)42-4)29-28(31(39)44-6-2)17(3)33-32-34(29)30(38)26(47-32)15-20-9-12-23(46-20)21-14-19(35(40)41)8-10-22(21)36/h7-15,29,36H,5-6,16H2,1-4H3/b26-15-/t29-/m1/s1. The van der Waals surface area contributed by atoms with Crippen LogP contribution in [0, 0.1) is 10.1 Å². The fraction of sp³-hybridized carbons (Fsp3) is 0.250. The van der Waals surface area contributed by atoms with Crippen molar-refractivity contribution in [3.05, 3.63) is 101 Å². The van der Waals surface area contributed by atoms with E-state index < -0.39 is 28.5 Å². The third kappa shape index (κ3) is 6.65. The maximum atomic E-state index is 14.0. The lowest BCUT2D eigenvalue weighted by molar-refractivity contribution is -0.384. The smallest absolute Gasteiger partial charge is 0.343 e. The minimum atomic E-state index is -0.963. The summed E-state index contributed by atoms with van der Waals surface area (Å²) in [6.07, 6.45) is 1.48. The molecule has 0 radical (unpaired) electrons. The number of thiazole rings is 1. The predicted molar refractivity (Wildman–Crippen MR) is 168 cm³/mol. The van der Waals surface area contributed by atoms with E-state index in [4.69, 9.17) is 18.6 Å². The number of furan rings is 1. The number of aromatic hydroxyl groups is 1. The van der Waals surface area contributed by atoms with E-state index in [1.807, 2.05) is 0 Å². The van der Waals surface area contributed by atoms with Crippen LogP contribution in [0.5, 0.6) is 17.2 Å². The zero-order chi connectivity index (χ0) is 33.8. The highest BCUT2D eigenvalue weighted by Crippen LogP contribution is 2.37. The van der Waals surface area contributed by atoms with Gasteiger partial charge in [0.05, 0.1) is 52.7 Å². The predicted octanol–water partition coefficient (Wildman–Crippen LogP) is 3.62. The van der Waals surface area contributed by atoms with Gasteiger partial charge in [-0.1, -0.05) is 17.4 Å². The van der Waals surface area contributed by atoms with Gasteiger partial charge in [-0.15, -0.1) is 0 Å². The zero-order valence-corrected chi connectivity index (χ0v) is 26.5. The minimum absolute atomic E-state index is 0.0954. The van der Waals surface area contributed by atoms with Gasteiger partial charge < -0.3 is 28.5 Å². The average molecular weight is 664 g/mol. The number of carbonyl (C=O) groups is 2. The molecule has 1 atom stereocenters. The molecule has 1 aliphatic rings. The molecule has 0 unspecified atom stereocenters. The molecule has 14 nitrogen and oxygen atoms in total. The Kier molecular flexibility index (Phi) is 9.56. The maximum Gasteiger partial charge on any atom is 0.343 e. The van der Waals surface area contributed by atoms with Crippen molar-refractivity contribution in [3.63, 3.8) is 0 Å². The fourth-order valence-corrected chi connectivity index (χ4v) is 5.95. The number of esters is 2. The summed E-state index contributed by atoms with van der Waals surface area (Å²) >= 11 is 1.07. The van der Waals surface area contributed by atoms with E-state index in [9.17, 15) is 29.6 Å². The number of hydrogen-bond donors (Lipinski definition) is 1. The van der Waals surface area contributed by atoms with Crippen molar-refractivity contribution in [1.29, 1.82) is 0 Å². The van der Waals surface area contributed by atoms with E-state index in [0.29, 0.717) is 16.1 Å². The normalized spacial score (nSPS) is 14.3. The number of phenolic OH excluding ortho intramolecular Hbond substituents is 1. The Bertz CT molecular complexity index is 2090. The summed E-state index contributed by atoms with van der Waals surface area (Å²) in [7, 11) is 1.24. The zero-order valence-electron chi connectivity index (χ0n) is 25.7. The second-order valence-electron chi connectivity index (χ2n) is 9.97. The summed E-state index contributed by atoms with van der Waals surface area (Å²) in [4.78, 5) is 54.5. The number of methoxy groups -OCH3 is 1. The highest BCUT2D eigenvalue weighted by molar-refractivity contribution is 7.07. The molecule has 0 saturated heterocycles. The number of nitro benzene ring substituents is 1. The van der Waals surface area contributed by atoms with Crippen LogP contribution in [0.2, 0.25) is 0 Å². The molecular weight excluding hydrogens is 634 g/mol. The number of aromatic nitrogens is 1. The number of non-ortho nitro benzene ring substituents is 1. The molecule has 5 rings (SSSR count). The molecular formula is C32H29N3O11S. The third-order valence-electron chi connectivity index (χ3n) is 7.03. The van der Waals surface area contributed by atoms with Crippen molar-refractivity contribution < 1.29 is 43.0 Å². The van der Waals surface area contributed by atoms with Crippen LogP contribution in [0.15, 0.2) is 74.0 Å². The summed E-state index contributed by atoms with van der Waals surface area (Å²) in [5.74, 6) is -0.522. The fourth-order valence-electron chi connectivity index (χ4n) is 4.92. The van der Waals surface area contributed by atoms with Crippen LogP contribution in [0.4, 0.5) is 5.69 Å². The second kappa shape index (κ2) is 13.7. The largest absolute Gasteiger partial charge is 0.507 e. The number of hydrogen-bond acceptors (Lipinski definition) is 13. The third-order valence-corrected chi connectivity index (χ3v) is 8.01. The summed E-state index contributed by atoms with van der Waals surface area (Å²) in [5, 5.41) is 21.5. The Labute approximate surface area is 270 Å². The summed E-state index contributed by atoms with van der Waals surface area (Å²) < 4.78 is 28.8. The molecule has 4 aromatic rings. The van der Waals surface area contributed by atoms with E-state index in [1.165, 1.54) is 42.0 Å². The van der Waals surface area contributed by atoms with Crippen LogP contribution < -0.4 is 24.4 Å². The van der Waals surface area contributed by atoms with E-state index in [1.54, 1.807) is 45.0 Å². The quantitative estimate of drug-likeness (QED) is 0.141. The Hall–Kier alpha value is -5.70. The Morgan fingerprint density at radius 1 is 1.11 bits per heavy atom. The van der Waals surface area contributed by atoms with Crippen molar-refractivity contribution in [3.8, 4) is 28.6 Å².